The Bertz CT molecular complexity index is 1390. The van der Waals surface area contributed by atoms with Crippen molar-refractivity contribution in [3.63, 3.8) is 0 Å². The number of aromatic carboxylic acids is 1. The predicted molar refractivity (Wildman–Crippen MR) is 137 cm³/mol. The van der Waals surface area contributed by atoms with E-state index < -0.39 is 23.4 Å². The number of benzene rings is 1. The van der Waals surface area contributed by atoms with Crippen molar-refractivity contribution >= 4 is 23.6 Å². The Balaban J connectivity index is 1.27. The molecule has 0 aliphatic carbocycles. The predicted octanol–water partition coefficient (Wildman–Crippen LogP) is 4.23. The van der Waals surface area contributed by atoms with Gasteiger partial charge < -0.3 is 24.4 Å². The largest absolute Gasteiger partial charge is 0.490 e. The second-order valence-corrected chi connectivity index (χ2v) is 10.2. The van der Waals surface area contributed by atoms with Crippen LogP contribution in [0.25, 0.3) is 0 Å². The normalized spacial score (nSPS) is 19.1. The Morgan fingerprint density at radius 1 is 1.07 bits per heavy atom. The molecule has 3 aliphatic heterocycles. The number of aromatic nitrogens is 4. The van der Waals surface area contributed by atoms with Crippen molar-refractivity contribution in [2.75, 3.05) is 42.6 Å². The third-order valence-corrected chi connectivity index (χ3v) is 7.84. The van der Waals surface area contributed by atoms with E-state index in [1.165, 1.54) is 0 Å². The van der Waals surface area contributed by atoms with Crippen LogP contribution in [0.3, 0.4) is 0 Å². The molecule has 1 N–H and O–H groups in total. The number of piperidine rings is 1. The minimum atomic E-state index is -4.94. The number of rotatable bonds is 5. The number of carbonyl (C=O) groups is 1. The van der Waals surface area contributed by atoms with Crippen molar-refractivity contribution < 1.29 is 32.5 Å². The van der Waals surface area contributed by atoms with Gasteiger partial charge in [-0.3, -0.25) is 0 Å². The molecule has 0 saturated carbocycles. The van der Waals surface area contributed by atoms with Crippen LogP contribution in [0, 0.1) is 0 Å². The number of hydrogen-bond donors (Lipinski definition) is 1. The second-order valence-electron chi connectivity index (χ2n) is 10.2. The van der Waals surface area contributed by atoms with Gasteiger partial charge in [-0.25, -0.2) is 24.7 Å². The van der Waals surface area contributed by atoms with Gasteiger partial charge in [-0.1, -0.05) is 0 Å². The topological polar surface area (TPSA) is 114 Å². The lowest BCUT2D eigenvalue weighted by molar-refractivity contribution is -0.141. The first-order valence-corrected chi connectivity index (χ1v) is 13.1. The van der Waals surface area contributed by atoms with Gasteiger partial charge in [0.1, 0.15) is 17.4 Å². The molecular formula is C27H27F3N6O4. The zero-order valence-corrected chi connectivity index (χ0v) is 21.5. The van der Waals surface area contributed by atoms with Gasteiger partial charge in [0.25, 0.3) is 0 Å². The Kier molecular flexibility index (Phi) is 6.69. The maximum Gasteiger partial charge on any atom is 0.434 e. The fraction of sp³-hybridized carbons (Fsp3) is 0.444. The molecule has 10 nitrogen and oxygen atoms in total. The van der Waals surface area contributed by atoms with Crippen molar-refractivity contribution in [3.8, 4) is 5.75 Å². The zero-order valence-electron chi connectivity index (χ0n) is 21.5. The zero-order chi connectivity index (χ0) is 27.9. The molecule has 3 aromatic rings. The highest BCUT2D eigenvalue weighted by Gasteiger charge is 2.46. The van der Waals surface area contributed by atoms with Gasteiger partial charge in [0.05, 0.1) is 0 Å². The number of hydrogen-bond acceptors (Lipinski definition) is 9. The highest BCUT2D eigenvalue weighted by Crippen LogP contribution is 2.50. The maximum absolute atomic E-state index is 13.7. The number of carboxylic acid groups (broad SMARTS) is 1. The van der Waals surface area contributed by atoms with Gasteiger partial charge in [0.2, 0.25) is 11.9 Å². The summed E-state index contributed by atoms with van der Waals surface area (Å²) in [5, 5.41) is 9.25. The average Bonchev–Trinajstić information content (AvgIpc) is 3.26. The summed E-state index contributed by atoms with van der Waals surface area (Å²) in [5.74, 6) is -0.525. The Hall–Kier alpha value is -4.00. The molecule has 0 unspecified atom stereocenters. The van der Waals surface area contributed by atoms with Crippen LogP contribution in [0.5, 0.6) is 5.75 Å². The highest BCUT2D eigenvalue weighted by molar-refractivity contribution is 5.89. The first-order chi connectivity index (χ1) is 19.2. The van der Waals surface area contributed by atoms with Crippen LogP contribution in [0.4, 0.5) is 30.8 Å². The van der Waals surface area contributed by atoms with E-state index in [9.17, 15) is 23.1 Å². The van der Waals surface area contributed by atoms with E-state index in [0.29, 0.717) is 50.0 Å². The summed E-state index contributed by atoms with van der Waals surface area (Å²) in [5.41, 5.74) is -1.20. The van der Waals surface area contributed by atoms with Crippen molar-refractivity contribution in [1.82, 2.24) is 19.9 Å². The molecule has 5 heterocycles. The SMILES string of the molecule is O=C(O)c1cnc(N2CC3(CCOCC3)c3cc(OC4CCN(c5ncccn5)CC4)ccc32)nc1C(F)(F)F. The summed E-state index contributed by atoms with van der Waals surface area (Å²) in [4.78, 5) is 31.6. The lowest BCUT2D eigenvalue weighted by Crippen LogP contribution is -2.39. The summed E-state index contributed by atoms with van der Waals surface area (Å²) >= 11 is 0. The Labute approximate surface area is 227 Å². The molecule has 13 heteroatoms. The molecule has 2 saturated heterocycles. The molecule has 3 aliphatic rings. The summed E-state index contributed by atoms with van der Waals surface area (Å²) in [6.07, 6.45) is 2.18. The molecule has 6 rings (SSSR count). The Morgan fingerprint density at radius 3 is 2.48 bits per heavy atom. The molecule has 1 aromatic carbocycles. The fourth-order valence-electron chi connectivity index (χ4n) is 5.79. The third-order valence-electron chi connectivity index (χ3n) is 7.84. The van der Waals surface area contributed by atoms with Crippen molar-refractivity contribution in [2.45, 2.75) is 43.4 Å². The number of halogens is 3. The lowest BCUT2D eigenvalue weighted by Gasteiger charge is -2.34. The van der Waals surface area contributed by atoms with Crippen molar-refractivity contribution in [2.24, 2.45) is 0 Å². The number of fused-ring (bicyclic) bond motifs is 2. The van der Waals surface area contributed by atoms with Crippen LogP contribution >= 0.6 is 0 Å². The van der Waals surface area contributed by atoms with E-state index in [4.69, 9.17) is 9.47 Å². The molecular weight excluding hydrogens is 529 g/mol. The van der Waals surface area contributed by atoms with Gasteiger partial charge in [-0.05, 0) is 42.7 Å². The number of nitrogens with zero attached hydrogens (tertiary/aromatic N) is 6. The van der Waals surface area contributed by atoms with Gasteiger partial charge in [0, 0.05) is 75.4 Å². The van der Waals surface area contributed by atoms with Gasteiger partial charge in [0.15, 0.2) is 5.69 Å². The van der Waals surface area contributed by atoms with Gasteiger partial charge in [-0.15, -0.1) is 0 Å². The smallest absolute Gasteiger partial charge is 0.434 e. The molecule has 0 radical (unpaired) electrons. The van der Waals surface area contributed by atoms with E-state index in [-0.39, 0.29) is 17.5 Å². The summed E-state index contributed by atoms with van der Waals surface area (Å²) in [6, 6.07) is 7.40. The van der Waals surface area contributed by atoms with E-state index in [1.54, 1.807) is 23.4 Å². The van der Waals surface area contributed by atoms with E-state index in [0.717, 1.165) is 37.7 Å². The summed E-state index contributed by atoms with van der Waals surface area (Å²) < 4.78 is 53.1. The number of ether oxygens (including phenoxy) is 2. The van der Waals surface area contributed by atoms with Gasteiger partial charge >= 0.3 is 12.1 Å². The average molecular weight is 557 g/mol. The van der Waals surface area contributed by atoms with Crippen LogP contribution < -0.4 is 14.5 Å². The molecule has 2 fully saturated rings. The molecule has 0 amide bonds. The molecule has 0 bridgehead atoms. The minimum absolute atomic E-state index is 0.00222. The van der Waals surface area contributed by atoms with E-state index in [1.807, 2.05) is 18.2 Å². The van der Waals surface area contributed by atoms with Crippen LogP contribution in [0.1, 0.15) is 47.3 Å². The molecule has 0 atom stereocenters. The Morgan fingerprint density at radius 2 is 1.80 bits per heavy atom. The lowest BCUT2D eigenvalue weighted by atomic mass is 9.76. The van der Waals surface area contributed by atoms with E-state index >= 15 is 0 Å². The fourth-order valence-corrected chi connectivity index (χ4v) is 5.79. The summed E-state index contributed by atoms with van der Waals surface area (Å²) in [6.45, 7) is 2.92. The highest BCUT2D eigenvalue weighted by atomic mass is 19.4. The standard InChI is InChI=1S/C27H27F3N6O4/c28-27(29,30)22-19(23(37)38)15-33-25(34-22)36-16-26(6-12-39-13-7-26)20-14-18(2-3-21(20)36)40-17-4-10-35(11-5-17)24-31-8-1-9-32-24/h1-3,8-9,14-15,17H,4-7,10-13,16H2,(H,37,38). The maximum atomic E-state index is 13.7. The molecule has 2 aromatic heterocycles. The van der Waals surface area contributed by atoms with Crippen LogP contribution in [0.2, 0.25) is 0 Å². The number of carboxylic acids is 1. The van der Waals surface area contributed by atoms with Crippen molar-refractivity contribution in [3.05, 3.63) is 59.7 Å². The number of anilines is 3. The molecule has 40 heavy (non-hydrogen) atoms. The quantitative estimate of drug-likeness (QED) is 0.490. The van der Waals surface area contributed by atoms with Crippen molar-refractivity contribution in [1.29, 1.82) is 0 Å². The van der Waals surface area contributed by atoms with Crippen LogP contribution in [-0.2, 0) is 16.3 Å². The van der Waals surface area contributed by atoms with Crippen LogP contribution in [0.15, 0.2) is 42.9 Å². The van der Waals surface area contributed by atoms with E-state index in [2.05, 4.69) is 24.8 Å². The van der Waals surface area contributed by atoms with Gasteiger partial charge in [-0.2, -0.15) is 13.2 Å². The first kappa shape index (κ1) is 26.2. The number of alkyl halides is 3. The molecule has 1 spiro atoms. The van der Waals surface area contributed by atoms with Crippen LogP contribution in [-0.4, -0.2) is 70.0 Å². The summed E-state index contributed by atoms with van der Waals surface area (Å²) in [7, 11) is 0. The monoisotopic (exact) mass is 556 g/mol. The third kappa shape index (κ3) is 4.89. The molecule has 210 valence electrons. The second kappa shape index (κ2) is 10.2. The minimum Gasteiger partial charge on any atom is -0.490 e. The first-order valence-electron chi connectivity index (χ1n) is 13.1.